The Morgan fingerprint density at radius 3 is 2.67 bits per heavy atom. The van der Waals surface area contributed by atoms with Gasteiger partial charge in [-0.25, -0.2) is 0 Å². The van der Waals surface area contributed by atoms with E-state index in [0.717, 1.165) is 17.1 Å². The number of nitrogens with two attached hydrogens (primary N) is 1. The smallest absolute Gasteiger partial charge is 0.323 e. The van der Waals surface area contributed by atoms with Gasteiger partial charge in [0.1, 0.15) is 11.3 Å². The van der Waals surface area contributed by atoms with Gasteiger partial charge in [0.15, 0.2) is 0 Å². The number of rotatable bonds is 4. The summed E-state index contributed by atoms with van der Waals surface area (Å²) in [6, 6.07) is 7.79. The van der Waals surface area contributed by atoms with Crippen molar-refractivity contribution in [3.63, 3.8) is 0 Å². The predicted molar refractivity (Wildman–Crippen MR) is 71.0 cm³/mol. The second-order valence-corrected chi connectivity index (χ2v) is 5.99. The summed E-state index contributed by atoms with van der Waals surface area (Å²) in [5, 5.41) is 9.35. The number of methoxy groups -OCH3 is 1. The van der Waals surface area contributed by atoms with Crippen LogP contribution in [0.4, 0.5) is 0 Å². The van der Waals surface area contributed by atoms with Crippen molar-refractivity contribution < 1.29 is 14.6 Å². The van der Waals surface area contributed by atoms with Crippen LogP contribution in [0, 0.1) is 0 Å². The van der Waals surface area contributed by atoms with Crippen molar-refractivity contribution in [2.45, 2.75) is 34.9 Å². The maximum absolute atomic E-state index is 11.1. The molecule has 98 valence electrons. The zero-order valence-corrected chi connectivity index (χ0v) is 11.1. The number of hydrogen-bond acceptors (Lipinski definition) is 4. The molecule has 18 heavy (non-hydrogen) atoms. The molecule has 1 aliphatic rings. The Morgan fingerprint density at radius 1 is 1.50 bits per heavy atom. The Hall–Kier alpha value is -1.20. The molecule has 0 heterocycles. The van der Waals surface area contributed by atoms with Gasteiger partial charge in [0.25, 0.3) is 0 Å². The van der Waals surface area contributed by atoms with Gasteiger partial charge in [0.2, 0.25) is 0 Å². The highest BCUT2D eigenvalue weighted by Crippen LogP contribution is 2.39. The highest BCUT2D eigenvalue weighted by atomic mass is 32.2. The number of carboxylic acid groups (broad SMARTS) is 1. The average molecular weight is 267 g/mol. The lowest BCUT2D eigenvalue weighted by atomic mass is 10.0. The number of carboxylic acids is 1. The molecule has 1 saturated carbocycles. The Balaban J connectivity index is 1.97. The Labute approximate surface area is 111 Å². The number of ether oxygens (including phenoxy) is 1. The van der Waals surface area contributed by atoms with Gasteiger partial charge in [-0.1, -0.05) is 0 Å². The van der Waals surface area contributed by atoms with Crippen LogP contribution in [-0.4, -0.2) is 29.0 Å². The number of thioether (sulfide) groups is 1. The van der Waals surface area contributed by atoms with Crippen LogP contribution in [0.3, 0.4) is 0 Å². The Bertz CT molecular complexity index is 434. The molecular formula is C13H17NO3S. The summed E-state index contributed by atoms with van der Waals surface area (Å²) in [4.78, 5) is 12.2. The van der Waals surface area contributed by atoms with Gasteiger partial charge in [-0.3, -0.25) is 4.79 Å². The molecule has 0 radical (unpaired) electrons. The Kier molecular flexibility index (Phi) is 3.82. The van der Waals surface area contributed by atoms with E-state index in [9.17, 15) is 4.79 Å². The zero-order valence-electron chi connectivity index (χ0n) is 10.3. The van der Waals surface area contributed by atoms with Gasteiger partial charge < -0.3 is 15.6 Å². The van der Waals surface area contributed by atoms with Crippen LogP contribution in [0.25, 0.3) is 0 Å². The quantitative estimate of drug-likeness (QED) is 0.874. The SMILES string of the molecule is COc1ccc(SC2CCC(N)(C(=O)O)C2)cc1. The van der Waals surface area contributed by atoms with E-state index in [1.54, 1.807) is 18.9 Å². The third kappa shape index (κ3) is 2.79. The fourth-order valence-electron chi connectivity index (χ4n) is 2.17. The fraction of sp³-hybridized carbons (Fsp3) is 0.462. The summed E-state index contributed by atoms with van der Waals surface area (Å²) in [5.41, 5.74) is 4.82. The first-order valence-corrected chi connectivity index (χ1v) is 6.74. The zero-order chi connectivity index (χ0) is 13.2. The molecule has 1 aliphatic carbocycles. The molecule has 0 saturated heterocycles. The molecule has 2 atom stereocenters. The van der Waals surface area contributed by atoms with Gasteiger partial charge in [-0.15, -0.1) is 11.8 Å². The molecule has 0 spiro atoms. The average Bonchev–Trinajstić information content (AvgIpc) is 2.73. The van der Waals surface area contributed by atoms with Crippen LogP contribution >= 0.6 is 11.8 Å². The van der Waals surface area contributed by atoms with E-state index in [1.807, 2.05) is 24.3 Å². The van der Waals surface area contributed by atoms with E-state index in [-0.39, 0.29) is 5.25 Å². The van der Waals surface area contributed by atoms with Crippen LogP contribution in [0.2, 0.25) is 0 Å². The maximum Gasteiger partial charge on any atom is 0.323 e. The predicted octanol–water partition coefficient (Wildman–Crippen LogP) is 2.12. The molecule has 0 aromatic heterocycles. The van der Waals surface area contributed by atoms with Crippen molar-refractivity contribution in [2.75, 3.05) is 7.11 Å². The van der Waals surface area contributed by atoms with Crippen molar-refractivity contribution >= 4 is 17.7 Å². The number of carbonyl (C=O) groups is 1. The molecule has 3 N–H and O–H groups in total. The minimum atomic E-state index is -1.04. The first kappa shape index (κ1) is 13.2. The summed E-state index contributed by atoms with van der Waals surface area (Å²) < 4.78 is 5.10. The highest BCUT2D eigenvalue weighted by Gasteiger charge is 2.42. The van der Waals surface area contributed by atoms with Gasteiger partial charge in [-0.2, -0.15) is 0 Å². The minimum absolute atomic E-state index is 0.277. The van der Waals surface area contributed by atoms with Gasteiger partial charge in [0.05, 0.1) is 7.11 Å². The summed E-state index contributed by atoms with van der Waals surface area (Å²) in [6.45, 7) is 0. The van der Waals surface area contributed by atoms with E-state index in [1.165, 1.54) is 0 Å². The summed E-state index contributed by atoms with van der Waals surface area (Å²) in [6.07, 6.45) is 1.93. The molecule has 2 rings (SSSR count). The Morgan fingerprint density at radius 2 is 2.17 bits per heavy atom. The van der Waals surface area contributed by atoms with Gasteiger partial charge in [-0.05, 0) is 43.5 Å². The maximum atomic E-state index is 11.1. The normalized spacial score (nSPS) is 27.1. The third-order valence-electron chi connectivity index (χ3n) is 3.29. The molecule has 4 nitrogen and oxygen atoms in total. The monoisotopic (exact) mass is 267 g/mol. The third-order valence-corrected chi connectivity index (χ3v) is 4.57. The first-order valence-electron chi connectivity index (χ1n) is 5.86. The molecular weight excluding hydrogens is 250 g/mol. The lowest BCUT2D eigenvalue weighted by Gasteiger charge is -2.17. The van der Waals surface area contributed by atoms with Crippen molar-refractivity contribution in [3.05, 3.63) is 24.3 Å². The highest BCUT2D eigenvalue weighted by molar-refractivity contribution is 8.00. The van der Waals surface area contributed by atoms with Crippen molar-refractivity contribution in [1.82, 2.24) is 0 Å². The summed E-state index contributed by atoms with van der Waals surface area (Å²) in [7, 11) is 1.63. The topological polar surface area (TPSA) is 72.5 Å². The molecule has 0 amide bonds. The van der Waals surface area contributed by atoms with E-state index in [2.05, 4.69) is 0 Å². The molecule has 0 bridgehead atoms. The van der Waals surface area contributed by atoms with Gasteiger partial charge in [0, 0.05) is 10.1 Å². The van der Waals surface area contributed by atoms with Crippen LogP contribution in [0.1, 0.15) is 19.3 Å². The molecule has 5 heteroatoms. The number of benzene rings is 1. The fourth-order valence-corrected chi connectivity index (χ4v) is 3.47. The number of aliphatic carboxylic acids is 1. The second-order valence-electron chi connectivity index (χ2n) is 4.62. The summed E-state index contributed by atoms with van der Waals surface area (Å²) in [5.74, 6) is -0.0650. The second kappa shape index (κ2) is 5.20. The molecule has 2 unspecified atom stereocenters. The van der Waals surface area contributed by atoms with Crippen molar-refractivity contribution in [1.29, 1.82) is 0 Å². The van der Waals surface area contributed by atoms with E-state index in [4.69, 9.17) is 15.6 Å². The lowest BCUT2D eigenvalue weighted by molar-refractivity contribution is -0.143. The molecule has 1 aromatic carbocycles. The largest absolute Gasteiger partial charge is 0.497 e. The minimum Gasteiger partial charge on any atom is -0.497 e. The van der Waals surface area contributed by atoms with Crippen LogP contribution in [0.15, 0.2) is 29.2 Å². The summed E-state index contributed by atoms with van der Waals surface area (Å²) >= 11 is 1.69. The molecule has 1 aromatic rings. The van der Waals surface area contributed by atoms with Crippen LogP contribution < -0.4 is 10.5 Å². The number of hydrogen-bond donors (Lipinski definition) is 2. The first-order chi connectivity index (χ1) is 8.53. The standard InChI is InChI=1S/C13H17NO3S/c1-17-9-2-4-10(5-3-9)18-11-6-7-13(14,8-11)12(15)16/h2-5,11H,6-8,14H2,1H3,(H,15,16). The van der Waals surface area contributed by atoms with Crippen LogP contribution in [0.5, 0.6) is 5.75 Å². The van der Waals surface area contributed by atoms with Crippen LogP contribution in [-0.2, 0) is 4.79 Å². The van der Waals surface area contributed by atoms with Gasteiger partial charge >= 0.3 is 5.97 Å². The molecule has 0 aliphatic heterocycles. The van der Waals surface area contributed by atoms with E-state index < -0.39 is 11.5 Å². The lowest BCUT2D eigenvalue weighted by Crippen LogP contribution is -2.45. The van der Waals surface area contributed by atoms with Crippen molar-refractivity contribution in [3.8, 4) is 5.75 Å². The van der Waals surface area contributed by atoms with E-state index >= 15 is 0 Å². The van der Waals surface area contributed by atoms with E-state index in [0.29, 0.717) is 12.8 Å². The van der Waals surface area contributed by atoms with Crippen molar-refractivity contribution in [2.24, 2.45) is 5.73 Å². The molecule has 1 fully saturated rings.